The Balaban J connectivity index is 1.73. The minimum Gasteiger partial charge on any atom is -0.263 e. The van der Waals surface area contributed by atoms with Crippen LogP contribution >= 0.6 is 0 Å². The average Bonchev–Trinajstić information content (AvgIpc) is 2.89. The van der Waals surface area contributed by atoms with Crippen LogP contribution in [0.25, 0.3) is 0 Å². The monoisotopic (exact) mass is 251 g/mol. The van der Waals surface area contributed by atoms with Gasteiger partial charge >= 0.3 is 0 Å². The molecule has 0 spiro atoms. The fraction of sp³-hybridized carbons (Fsp3) is 0.867. The van der Waals surface area contributed by atoms with Crippen molar-refractivity contribution in [1.29, 1.82) is 0 Å². The largest absolute Gasteiger partial charge is 0.263 e. The van der Waals surface area contributed by atoms with Crippen molar-refractivity contribution >= 4 is 0 Å². The highest BCUT2D eigenvalue weighted by atomic mass is 15.2. The molecule has 0 aliphatic rings. The Morgan fingerprint density at radius 1 is 0.833 bits per heavy atom. The number of aromatic nitrogens is 3. The smallest absolute Gasteiger partial charge is 0.137 e. The maximum absolute atomic E-state index is 4.13. The molecule has 0 amide bonds. The molecule has 3 heteroatoms. The summed E-state index contributed by atoms with van der Waals surface area (Å²) in [6.07, 6.45) is 18.0. The maximum atomic E-state index is 4.13. The van der Waals surface area contributed by atoms with E-state index in [4.69, 9.17) is 0 Å². The van der Waals surface area contributed by atoms with Crippen LogP contribution in [-0.4, -0.2) is 15.2 Å². The van der Waals surface area contributed by atoms with Crippen molar-refractivity contribution in [2.45, 2.75) is 84.0 Å². The minimum atomic E-state index is 1.03. The number of nitrogens with zero attached hydrogens (tertiary/aromatic N) is 2. The van der Waals surface area contributed by atoms with E-state index in [1.165, 1.54) is 70.6 Å². The zero-order valence-corrected chi connectivity index (χ0v) is 12.0. The molecule has 0 aromatic carbocycles. The second-order valence-electron chi connectivity index (χ2n) is 5.22. The number of H-pyrrole nitrogens is 1. The Hall–Kier alpha value is -0.860. The molecular weight excluding hydrogens is 222 g/mol. The van der Waals surface area contributed by atoms with Crippen LogP contribution in [0.3, 0.4) is 0 Å². The fourth-order valence-electron chi connectivity index (χ4n) is 2.31. The highest BCUT2D eigenvalue weighted by Gasteiger charge is 1.96. The third-order valence-electron chi connectivity index (χ3n) is 3.48. The number of aryl methyl sites for hydroxylation is 1. The van der Waals surface area contributed by atoms with Crippen molar-refractivity contribution < 1.29 is 0 Å². The van der Waals surface area contributed by atoms with Crippen LogP contribution in [0.2, 0.25) is 0 Å². The first-order chi connectivity index (χ1) is 8.93. The Kier molecular flexibility index (Phi) is 9.49. The van der Waals surface area contributed by atoms with Gasteiger partial charge in [0, 0.05) is 6.42 Å². The molecule has 1 rings (SSSR count). The van der Waals surface area contributed by atoms with Crippen LogP contribution < -0.4 is 0 Å². The number of hydrogen-bond donors (Lipinski definition) is 1. The van der Waals surface area contributed by atoms with Crippen LogP contribution in [0.1, 0.15) is 83.4 Å². The molecule has 0 bridgehead atoms. The van der Waals surface area contributed by atoms with E-state index >= 15 is 0 Å². The van der Waals surface area contributed by atoms with Crippen molar-refractivity contribution in [3.05, 3.63) is 12.2 Å². The normalized spacial score (nSPS) is 10.9. The van der Waals surface area contributed by atoms with Crippen LogP contribution in [-0.2, 0) is 6.42 Å². The first kappa shape index (κ1) is 15.2. The molecule has 18 heavy (non-hydrogen) atoms. The van der Waals surface area contributed by atoms with Gasteiger partial charge in [0.25, 0.3) is 0 Å². The first-order valence-corrected chi connectivity index (χ1v) is 7.77. The van der Waals surface area contributed by atoms with Crippen LogP contribution in [0.5, 0.6) is 0 Å². The van der Waals surface area contributed by atoms with E-state index in [9.17, 15) is 0 Å². The minimum absolute atomic E-state index is 1.03. The average molecular weight is 251 g/mol. The first-order valence-electron chi connectivity index (χ1n) is 7.77. The van der Waals surface area contributed by atoms with Gasteiger partial charge in [0.15, 0.2) is 0 Å². The standard InChI is InChI=1S/C15H29N3/c1-2-3-4-5-6-7-8-9-10-11-12-13-15-16-14-17-18-15/h14H,2-13H2,1H3,(H,16,17,18). The maximum Gasteiger partial charge on any atom is 0.137 e. The molecule has 1 aromatic rings. The van der Waals surface area contributed by atoms with Gasteiger partial charge in [-0.2, -0.15) is 5.10 Å². The van der Waals surface area contributed by atoms with E-state index in [0.717, 1.165) is 12.2 Å². The third kappa shape index (κ3) is 8.26. The van der Waals surface area contributed by atoms with Gasteiger partial charge in [-0.15, -0.1) is 0 Å². The molecule has 1 N–H and O–H groups in total. The summed E-state index contributed by atoms with van der Waals surface area (Å²) in [5.74, 6) is 1.03. The van der Waals surface area contributed by atoms with Crippen LogP contribution in [0.4, 0.5) is 0 Å². The SMILES string of the molecule is CCCCCCCCCCCCCc1ncn[nH]1. The van der Waals surface area contributed by atoms with Gasteiger partial charge in [-0.05, 0) is 6.42 Å². The second-order valence-corrected chi connectivity index (χ2v) is 5.22. The Morgan fingerprint density at radius 2 is 1.39 bits per heavy atom. The van der Waals surface area contributed by atoms with E-state index in [1.807, 2.05) is 0 Å². The van der Waals surface area contributed by atoms with Crippen molar-refractivity contribution in [2.75, 3.05) is 0 Å². The zero-order valence-electron chi connectivity index (χ0n) is 12.0. The van der Waals surface area contributed by atoms with Crippen molar-refractivity contribution in [3.63, 3.8) is 0 Å². The number of rotatable bonds is 12. The fourth-order valence-corrected chi connectivity index (χ4v) is 2.31. The van der Waals surface area contributed by atoms with Gasteiger partial charge in [0.1, 0.15) is 12.2 Å². The summed E-state index contributed by atoms with van der Waals surface area (Å²) in [6, 6.07) is 0. The van der Waals surface area contributed by atoms with Crippen molar-refractivity contribution in [2.24, 2.45) is 0 Å². The number of hydrogen-bond acceptors (Lipinski definition) is 2. The second kappa shape index (κ2) is 11.2. The highest BCUT2D eigenvalue weighted by molar-refractivity contribution is 4.79. The molecule has 104 valence electrons. The van der Waals surface area contributed by atoms with Crippen LogP contribution in [0.15, 0.2) is 6.33 Å². The molecule has 0 unspecified atom stereocenters. The summed E-state index contributed by atoms with van der Waals surface area (Å²) in [5, 5.41) is 6.77. The lowest BCUT2D eigenvalue weighted by Crippen LogP contribution is -1.89. The van der Waals surface area contributed by atoms with E-state index in [2.05, 4.69) is 22.1 Å². The molecule has 1 heterocycles. The summed E-state index contributed by atoms with van der Waals surface area (Å²) < 4.78 is 0. The number of aromatic amines is 1. The quantitative estimate of drug-likeness (QED) is 0.549. The Labute approximate surface area is 112 Å². The Bertz CT molecular complexity index is 257. The molecule has 0 aliphatic heterocycles. The topological polar surface area (TPSA) is 41.6 Å². The summed E-state index contributed by atoms with van der Waals surface area (Å²) in [6.45, 7) is 2.28. The number of unbranched alkanes of at least 4 members (excludes halogenated alkanes) is 10. The summed E-state index contributed by atoms with van der Waals surface area (Å²) >= 11 is 0. The Morgan fingerprint density at radius 3 is 1.89 bits per heavy atom. The summed E-state index contributed by atoms with van der Waals surface area (Å²) in [7, 11) is 0. The molecule has 0 atom stereocenters. The molecular formula is C15H29N3. The molecule has 3 nitrogen and oxygen atoms in total. The van der Waals surface area contributed by atoms with Crippen LogP contribution in [0, 0.1) is 0 Å². The lowest BCUT2D eigenvalue weighted by atomic mass is 10.1. The lowest BCUT2D eigenvalue weighted by Gasteiger charge is -2.02. The van der Waals surface area contributed by atoms with Crippen molar-refractivity contribution in [1.82, 2.24) is 15.2 Å². The predicted octanol–water partition coefficient (Wildman–Crippen LogP) is 4.66. The van der Waals surface area contributed by atoms with Gasteiger partial charge in [0.05, 0.1) is 0 Å². The molecule has 0 saturated carbocycles. The lowest BCUT2D eigenvalue weighted by molar-refractivity contribution is 0.548. The number of nitrogens with one attached hydrogen (secondary N) is 1. The highest BCUT2D eigenvalue weighted by Crippen LogP contribution is 2.11. The van der Waals surface area contributed by atoms with E-state index in [1.54, 1.807) is 6.33 Å². The van der Waals surface area contributed by atoms with Gasteiger partial charge in [0.2, 0.25) is 0 Å². The summed E-state index contributed by atoms with van der Waals surface area (Å²) in [4.78, 5) is 4.13. The zero-order chi connectivity index (χ0) is 12.9. The van der Waals surface area contributed by atoms with E-state index in [-0.39, 0.29) is 0 Å². The molecule has 0 aliphatic carbocycles. The van der Waals surface area contributed by atoms with Gasteiger partial charge in [-0.3, -0.25) is 5.10 Å². The summed E-state index contributed by atoms with van der Waals surface area (Å²) in [5.41, 5.74) is 0. The van der Waals surface area contributed by atoms with Gasteiger partial charge in [-0.1, -0.05) is 71.1 Å². The van der Waals surface area contributed by atoms with E-state index in [0.29, 0.717) is 0 Å². The molecule has 0 saturated heterocycles. The van der Waals surface area contributed by atoms with Gasteiger partial charge in [-0.25, -0.2) is 4.98 Å². The molecule has 0 radical (unpaired) electrons. The van der Waals surface area contributed by atoms with Crippen molar-refractivity contribution in [3.8, 4) is 0 Å². The van der Waals surface area contributed by atoms with E-state index < -0.39 is 0 Å². The molecule has 1 aromatic heterocycles. The predicted molar refractivity (Wildman–Crippen MR) is 76.5 cm³/mol. The molecule has 0 fully saturated rings. The van der Waals surface area contributed by atoms with Gasteiger partial charge < -0.3 is 0 Å². The third-order valence-corrected chi connectivity index (χ3v) is 3.48.